The van der Waals surface area contributed by atoms with Gasteiger partial charge in [-0.2, -0.15) is 0 Å². The molecule has 0 aliphatic rings. The molecule has 0 bridgehead atoms. The molecule has 0 spiro atoms. The summed E-state index contributed by atoms with van der Waals surface area (Å²) in [6, 6.07) is 0. The molecule has 0 aromatic heterocycles. The molecule has 2 nitrogen and oxygen atoms in total. The van der Waals surface area contributed by atoms with Gasteiger partial charge in [0.25, 0.3) is 0 Å². The molecule has 0 unspecified atom stereocenters. The molecule has 0 aliphatic carbocycles. The minimum atomic E-state index is -0.455. The van der Waals surface area contributed by atoms with Gasteiger partial charge < -0.3 is 4.74 Å². The molecule has 0 fully saturated rings. The third kappa shape index (κ3) is 6.87. The summed E-state index contributed by atoms with van der Waals surface area (Å²) in [7, 11) is 0. The van der Waals surface area contributed by atoms with Crippen LogP contribution in [0.2, 0.25) is 0 Å². The van der Waals surface area contributed by atoms with Crippen molar-refractivity contribution in [2.24, 2.45) is 5.41 Å². The Labute approximate surface area is 85.8 Å². The molecular formula is C11H21FO2. The van der Waals surface area contributed by atoms with E-state index in [1.165, 1.54) is 0 Å². The standard InChI is InChI=1S/C11H21FO2/c1-10(2,3)14-9(13)8-11(4,5)6-7-12/h6-8H2,1-5H3. The first-order valence-electron chi connectivity index (χ1n) is 4.94. The summed E-state index contributed by atoms with van der Waals surface area (Å²) in [5.74, 6) is -0.254. The molecule has 0 heterocycles. The molecular weight excluding hydrogens is 183 g/mol. The van der Waals surface area contributed by atoms with Crippen LogP contribution in [0.25, 0.3) is 0 Å². The average Bonchev–Trinajstić information content (AvgIpc) is 1.78. The fourth-order valence-corrected chi connectivity index (χ4v) is 1.11. The van der Waals surface area contributed by atoms with Crippen LogP contribution in [0.5, 0.6) is 0 Å². The van der Waals surface area contributed by atoms with E-state index in [9.17, 15) is 9.18 Å². The molecule has 0 aromatic rings. The van der Waals surface area contributed by atoms with Crippen molar-refractivity contribution in [2.45, 2.75) is 53.1 Å². The number of hydrogen-bond donors (Lipinski definition) is 0. The summed E-state index contributed by atoms with van der Waals surface area (Å²) in [4.78, 5) is 11.4. The van der Waals surface area contributed by atoms with Crippen molar-refractivity contribution in [2.75, 3.05) is 6.67 Å². The van der Waals surface area contributed by atoms with Gasteiger partial charge in [0.2, 0.25) is 0 Å². The Morgan fingerprint density at radius 3 is 2.07 bits per heavy atom. The van der Waals surface area contributed by atoms with Gasteiger partial charge in [0, 0.05) is 0 Å². The predicted molar refractivity (Wildman–Crippen MR) is 54.8 cm³/mol. The zero-order valence-electron chi connectivity index (χ0n) is 9.82. The van der Waals surface area contributed by atoms with E-state index in [1.54, 1.807) is 0 Å². The van der Waals surface area contributed by atoms with Crippen molar-refractivity contribution in [3.63, 3.8) is 0 Å². The monoisotopic (exact) mass is 204 g/mol. The summed E-state index contributed by atoms with van der Waals surface area (Å²) < 4.78 is 17.3. The van der Waals surface area contributed by atoms with E-state index in [-0.39, 0.29) is 17.8 Å². The number of hydrogen-bond acceptors (Lipinski definition) is 2. The topological polar surface area (TPSA) is 26.3 Å². The highest BCUT2D eigenvalue weighted by atomic mass is 19.1. The van der Waals surface area contributed by atoms with Crippen molar-refractivity contribution < 1.29 is 13.9 Å². The molecule has 0 atom stereocenters. The van der Waals surface area contributed by atoms with Gasteiger partial charge in [-0.1, -0.05) is 13.8 Å². The smallest absolute Gasteiger partial charge is 0.306 e. The lowest BCUT2D eigenvalue weighted by molar-refractivity contribution is -0.157. The van der Waals surface area contributed by atoms with Gasteiger partial charge >= 0.3 is 5.97 Å². The Kier molecular flexibility index (Phi) is 4.56. The number of halogens is 1. The number of rotatable bonds is 4. The van der Waals surface area contributed by atoms with Crippen molar-refractivity contribution in [3.8, 4) is 0 Å². The molecule has 14 heavy (non-hydrogen) atoms. The molecule has 84 valence electrons. The number of esters is 1. The van der Waals surface area contributed by atoms with E-state index in [4.69, 9.17) is 4.74 Å². The molecule has 3 heteroatoms. The lowest BCUT2D eigenvalue weighted by atomic mass is 9.86. The minimum absolute atomic E-state index is 0.254. The Hall–Kier alpha value is -0.600. The summed E-state index contributed by atoms with van der Waals surface area (Å²) in [5.41, 5.74) is -0.764. The van der Waals surface area contributed by atoms with Gasteiger partial charge in [0.15, 0.2) is 0 Å². The summed E-state index contributed by atoms with van der Waals surface area (Å²) in [6.07, 6.45) is 0.667. The fourth-order valence-electron chi connectivity index (χ4n) is 1.11. The van der Waals surface area contributed by atoms with E-state index in [0.29, 0.717) is 6.42 Å². The van der Waals surface area contributed by atoms with Gasteiger partial charge in [-0.15, -0.1) is 0 Å². The highest BCUT2D eigenvalue weighted by Gasteiger charge is 2.25. The predicted octanol–water partition coefficient (Wildman–Crippen LogP) is 3.10. The molecule has 0 saturated heterocycles. The van der Waals surface area contributed by atoms with Crippen molar-refractivity contribution in [3.05, 3.63) is 0 Å². The maximum Gasteiger partial charge on any atom is 0.306 e. The van der Waals surface area contributed by atoms with Crippen LogP contribution in [0.3, 0.4) is 0 Å². The number of carbonyl (C=O) groups is 1. The summed E-state index contributed by atoms with van der Waals surface area (Å²) >= 11 is 0. The van der Waals surface area contributed by atoms with Crippen LogP contribution in [-0.4, -0.2) is 18.2 Å². The first-order valence-corrected chi connectivity index (χ1v) is 4.94. The van der Waals surface area contributed by atoms with Crippen LogP contribution in [-0.2, 0) is 9.53 Å². The van der Waals surface area contributed by atoms with Crippen molar-refractivity contribution in [1.29, 1.82) is 0 Å². The van der Waals surface area contributed by atoms with Crippen LogP contribution in [0, 0.1) is 5.41 Å². The Bertz CT molecular complexity index is 192. The zero-order chi connectivity index (χ0) is 11.4. The van der Waals surface area contributed by atoms with Crippen LogP contribution >= 0.6 is 0 Å². The Morgan fingerprint density at radius 2 is 1.71 bits per heavy atom. The van der Waals surface area contributed by atoms with Gasteiger partial charge in [-0.3, -0.25) is 9.18 Å². The largest absolute Gasteiger partial charge is 0.460 e. The van der Waals surface area contributed by atoms with Crippen LogP contribution in [0.4, 0.5) is 4.39 Å². The molecule has 0 radical (unpaired) electrons. The molecule has 0 amide bonds. The number of carbonyl (C=O) groups excluding carboxylic acids is 1. The first kappa shape index (κ1) is 13.4. The van der Waals surface area contributed by atoms with E-state index in [2.05, 4.69) is 0 Å². The highest BCUT2D eigenvalue weighted by molar-refractivity contribution is 5.70. The first-order chi connectivity index (χ1) is 6.16. The van der Waals surface area contributed by atoms with Crippen LogP contribution < -0.4 is 0 Å². The van der Waals surface area contributed by atoms with Gasteiger partial charge in [-0.05, 0) is 32.6 Å². The average molecular weight is 204 g/mol. The highest BCUT2D eigenvalue weighted by Crippen LogP contribution is 2.26. The maximum absolute atomic E-state index is 12.1. The SMILES string of the molecule is CC(C)(CCF)CC(=O)OC(C)(C)C. The van der Waals surface area contributed by atoms with E-state index >= 15 is 0 Å². The molecule has 0 saturated carbocycles. The molecule has 0 aromatic carbocycles. The molecule has 0 aliphatic heterocycles. The van der Waals surface area contributed by atoms with E-state index < -0.39 is 12.3 Å². The second kappa shape index (κ2) is 4.76. The Balaban J connectivity index is 4.06. The quantitative estimate of drug-likeness (QED) is 0.658. The van der Waals surface area contributed by atoms with E-state index in [0.717, 1.165) is 0 Å². The maximum atomic E-state index is 12.1. The minimum Gasteiger partial charge on any atom is -0.460 e. The van der Waals surface area contributed by atoms with Crippen molar-refractivity contribution in [1.82, 2.24) is 0 Å². The van der Waals surface area contributed by atoms with E-state index in [1.807, 2.05) is 34.6 Å². The van der Waals surface area contributed by atoms with Crippen LogP contribution in [0.1, 0.15) is 47.5 Å². The Morgan fingerprint density at radius 1 is 1.21 bits per heavy atom. The van der Waals surface area contributed by atoms with Gasteiger partial charge in [-0.25, -0.2) is 0 Å². The third-order valence-electron chi connectivity index (χ3n) is 1.81. The summed E-state index contributed by atoms with van der Waals surface area (Å²) in [6.45, 7) is 8.83. The van der Waals surface area contributed by atoms with Crippen molar-refractivity contribution >= 4 is 5.97 Å². The lowest BCUT2D eigenvalue weighted by Gasteiger charge is -2.25. The fraction of sp³-hybridized carbons (Fsp3) is 0.909. The lowest BCUT2D eigenvalue weighted by Crippen LogP contribution is -2.27. The second-order valence-corrected chi connectivity index (χ2v) is 5.37. The molecule has 0 rings (SSSR count). The zero-order valence-corrected chi connectivity index (χ0v) is 9.82. The summed E-state index contributed by atoms with van der Waals surface area (Å²) in [5, 5.41) is 0. The van der Waals surface area contributed by atoms with Gasteiger partial charge in [0.05, 0.1) is 13.1 Å². The number of alkyl halides is 1. The third-order valence-corrected chi connectivity index (χ3v) is 1.81. The van der Waals surface area contributed by atoms with Crippen LogP contribution in [0.15, 0.2) is 0 Å². The molecule has 0 N–H and O–H groups in total. The normalized spacial score (nSPS) is 12.7. The number of ether oxygens (including phenoxy) is 1. The van der Waals surface area contributed by atoms with Gasteiger partial charge in [0.1, 0.15) is 5.60 Å². The second-order valence-electron chi connectivity index (χ2n) is 5.37.